The maximum absolute atomic E-state index is 13.8. The molecule has 0 saturated heterocycles. The van der Waals surface area contributed by atoms with Gasteiger partial charge in [-0.05, 0) is 50.1 Å². The first-order chi connectivity index (χ1) is 18.4. The molecule has 2 aromatic carbocycles. The quantitative estimate of drug-likeness (QED) is 0.191. The lowest BCUT2D eigenvalue weighted by Gasteiger charge is -2.22. The van der Waals surface area contributed by atoms with Gasteiger partial charge in [0.2, 0.25) is 5.76 Å². The van der Waals surface area contributed by atoms with Crippen LogP contribution in [0.3, 0.4) is 0 Å². The number of hydrogen-bond donors (Lipinski definition) is 0. The van der Waals surface area contributed by atoms with Crippen molar-refractivity contribution in [3.8, 4) is 5.75 Å². The fourth-order valence-electron chi connectivity index (χ4n) is 4.59. The number of anilines is 1. The van der Waals surface area contributed by atoms with E-state index in [2.05, 4.69) is 11.9 Å². The standard InChI is InChI=1S/C29H28N2O6S/c1-4-6-9-16-36-19-14-12-18(13-15-19)23-22-24(32)20-10-7-8-11-21(20)37-25(22)27(33)31(23)29-30-17(3)26(38-29)28(34)35-5-2/h7-8,10-15,23H,4-6,9,16H2,1-3H3/t23-/m1/s1. The number of rotatable bonds is 9. The van der Waals surface area contributed by atoms with Crippen LogP contribution < -0.4 is 15.1 Å². The lowest BCUT2D eigenvalue weighted by atomic mass is 9.98. The minimum absolute atomic E-state index is 0.0240. The number of nitrogens with zero attached hydrogens (tertiary/aromatic N) is 2. The average molecular weight is 533 g/mol. The Balaban J connectivity index is 1.61. The van der Waals surface area contributed by atoms with Gasteiger partial charge in [-0.3, -0.25) is 14.5 Å². The number of hydrogen-bond acceptors (Lipinski definition) is 8. The minimum atomic E-state index is -0.784. The van der Waals surface area contributed by atoms with Crippen LogP contribution in [0.5, 0.6) is 5.75 Å². The van der Waals surface area contributed by atoms with Gasteiger partial charge < -0.3 is 13.9 Å². The summed E-state index contributed by atoms with van der Waals surface area (Å²) in [4.78, 5) is 46.3. The Morgan fingerprint density at radius 3 is 2.58 bits per heavy atom. The van der Waals surface area contributed by atoms with Crippen molar-refractivity contribution in [2.45, 2.75) is 46.1 Å². The number of amides is 1. The van der Waals surface area contributed by atoms with E-state index in [0.717, 1.165) is 30.6 Å². The van der Waals surface area contributed by atoms with E-state index >= 15 is 0 Å². The summed E-state index contributed by atoms with van der Waals surface area (Å²) in [5.74, 6) is -0.304. The molecular formula is C29H28N2O6S. The Hall–Kier alpha value is -3.98. The summed E-state index contributed by atoms with van der Waals surface area (Å²) >= 11 is 1.06. The molecule has 9 heteroatoms. The van der Waals surface area contributed by atoms with Gasteiger partial charge in [0.25, 0.3) is 5.91 Å². The zero-order chi connectivity index (χ0) is 26.8. The van der Waals surface area contributed by atoms with Crippen molar-refractivity contribution in [1.82, 2.24) is 4.98 Å². The van der Waals surface area contributed by atoms with E-state index in [1.165, 1.54) is 4.90 Å². The number of aromatic nitrogens is 1. The minimum Gasteiger partial charge on any atom is -0.494 e. The lowest BCUT2D eigenvalue weighted by Crippen LogP contribution is -2.29. The third-order valence-corrected chi connectivity index (χ3v) is 7.58. The van der Waals surface area contributed by atoms with Gasteiger partial charge in [-0.15, -0.1) is 0 Å². The molecule has 0 spiro atoms. The molecule has 0 radical (unpaired) electrons. The number of carbonyl (C=O) groups excluding carboxylic acids is 2. The fraction of sp³-hybridized carbons (Fsp3) is 0.310. The molecule has 0 N–H and O–H groups in total. The summed E-state index contributed by atoms with van der Waals surface area (Å²) in [6.07, 6.45) is 3.17. The third kappa shape index (κ3) is 4.58. The molecule has 0 unspecified atom stereocenters. The molecule has 3 heterocycles. The highest BCUT2D eigenvalue weighted by atomic mass is 32.1. The van der Waals surface area contributed by atoms with Crippen molar-refractivity contribution in [2.24, 2.45) is 0 Å². The Kier molecular flexibility index (Phi) is 7.28. The molecule has 38 heavy (non-hydrogen) atoms. The van der Waals surface area contributed by atoms with Crippen molar-refractivity contribution in [3.63, 3.8) is 0 Å². The van der Waals surface area contributed by atoms with Crippen LogP contribution in [0.2, 0.25) is 0 Å². The van der Waals surface area contributed by atoms with E-state index in [1.807, 2.05) is 24.3 Å². The Morgan fingerprint density at radius 1 is 1.08 bits per heavy atom. The smallest absolute Gasteiger partial charge is 0.350 e. The Labute approximate surface area is 223 Å². The molecule has 1 amide bonds. The van der Waals surface area contributed by atoms with E-state index < -0.39 is 17.9 Å². The number of ether oxygens (including phenoxy) is 2. The number of para-hydroxylation sites is 1. The van der Waals surface area contributed by atoms with E-state index in [1.54, 1.807) is 38.1 Å². The van der Waals surface area contributed by atoms with Crippen LogP contribution in [-0.4, -0.2) is 30.1 Å². The van der Waals surface area contributed by atoms with Crippen molar-refractivity contribution in [1.29, 1.82) is 0 Å². The van der Waals surface area contributed by atoms with Crippen LogP contribution >= 0.6 is 11.3 Å². The Bertz CT molecular complexity index is 1560. The van der Waals surface area contributed by atoms with Gasteiger partial charge in [-0.1, -0.05) is 55.4 Å². The summed E-state index contributed by atoms with van der Waals surface area (Å²) in [6, 6.07) is 13.4. The van der Waals surface area contributed by atoms with Gasteiger partial charge in [0, 0.05) is 0 Å². The fourth-order valence-corrected chi connectivity index (χ4v) is 5.58. The molecule has 196 valence electrons. The molecule has 2 aromatic heterocycles. The van der Waals surface area contributed by atoms with Crippen molar-refractivity contribution in [2.75, 3.05) is 18.1 Å². The molecule has 0 aliphatic carbocycles. The summed E-state index contributed by atoms with van der Waals surface area (Å²) in [7, 11) is 0. The first kappa shape index (κ1) is 25.7. The molecule has 0 bridgehead atoms. The molecule has 0 fully saturated rings. The highest BCUT2D eigenvalue weighted by Crippen LogP contribution is 2.43. The number of fused-ring (bicyclic) bond motifs is 2. The predicted octanol–water partition coefficient (Wildman–Crippen LogP) is 6.05. The van der Waals surface area contributed by atoms with Crippen molar-refractivity contribution < 1.29 is 23.5 Å². The van der Waals surface area contributed by atoms with Gasteiger partial charge in [-0.25, -0.2) is 9.78 Å². The first-order valence-corrected chi connectivity index (χ1v) is 13.5. The summed E-state index contributed by atoms with van der Waals surface area (Å²) < 4.78 is 17.0. The molecule has 5 rings (SSSR count). The maximum Gasteiger partial charge on any atom is 0.350 e. The normalized spacial score (nSPS) is 14.7. The monoisotopic (exact) mass is 532 g/mol. The highest BCUT2D eigenvalue weighted by molar-refractivity contribution is 7.17. The third-order valence-electron chi connectivity index (χ3n) is 6.44. The molecule has 1 aliphatic heterocycles. The topological polar surface area (TPSA) is 98.9 Å². The predicted molar refractivity (Wildman–Crippen MR) is 145 cm³/mol. The van der Waals surface area contributed by atoms with Crippen molar-refractivity contribution in [3.05, 3.63) is 86.2 Å². The second-order valence-corrected chi connectivity index (χ2v) is 9.98. The molecule has 1 atom stereocenters. The molecule has 1 aliphatic rings. The van der Waals surface area contributed by atoms with Gasteiger partial charge >= 0.3 is 5.97 Å². The number of unbranched alkanes of at least 4 members (excludes halogenated alkanes) is 2. The van der Waals surface area contributed by atoms with Crippen LogP contribution in [0.25, 0.3) is 11.0 Å². The first-order valence-electron chi connectivity index (χ1n) is 12.7. The molecule has 8 nitrogen and oxygen atoms in total. The van der Waals surface area contributed by atoms with Gasteiger partial charge in [-0.2, -0.15) is 0 Å². The van der Waals surface area contributed by atoms with E-state index in [4.69, 9.17) is 13.9 Å². The summed E-state index contributed by atoms with van der Waals surface area (Å²) in [6.45, 7) is 6.40. The van der Waals surface area contributed by atoms with Crippen LogP contribution in [-0.2, 0) is 4.74 Å². The van der Waals surface area contributed by atoms with Crippen LogP contribution in [0, 0.1) is 6.92 Å². The number of aryl methyl sites for hydroxylation is 1. The second-order valence-electron chi connectivity index (χ2n) is 9.00. The largest absolute Gasteiger partial charge is 0.494 e. The lowest BCUT2D eigenvalue weighted by molar-refractivity contribution is 0.0531. The van der Waals surface area contributed by atoms with E-state index in [9.17, 15) is 14.4 Å². The molecular weight excluding hydrogens is 504 g/mol. The van der Waals surface area contributed by atoms with E-state index in [0.29, 0.717) is 39.5 Å². The van der Waals surface area contributed by atoms with Crippen molar-refractivity contribution >= 4 is 39.3 Å². The van der Waals surface area contributed by atoms with Gasteiger partial charge in [0.1, 0.15) is 16.2 Å². The van der Waals surface area contributed by atoms with Gasteiger partial charge in [0.05, 0.1) is 35.9 Å². The zero-order valence-electron chi connectivity index (χ0n) is 21.5. The Morgan fingerprint density at radius 2 is 1.84 bits per heavy atom. The van der Waals surface area contributed by atoms with Gasteiger partial charge in [0.15, 0.2) is 10.6 Å². The average Bonchev–Trinajstić information content (AvgIpc) is 3.44. The van der Waals surface area contributed by atoms with Crippen LogP contribution in [0.1, 0.15) is 76.2 Å². The number of carbonyl (C=O) groups is 2. The SMILES string of the molecule is CCCCCOc1ccc([C@@H]2c3c(oc4ccccc4c3=O)C(=O)N2c2nc(C)c(C(=O)OCC)s2)cc1. The second kappa shape index (κ2) is 10.8. The summed E-state index contributed by atoms with van der Waals surface area (Å²) in [5, 5.41) is 0.680. The number of esters is 1. The maximum atomic E-state index is 13.8. The highest BCUT2D eigenvalue weighted by Gasteiger charge is 2.45. The van der Waals surface area contributed by atoms with Crippen LogP contribution in [0.15, 0.2) is 57.7 Å². The summed E-state index contributed by atoms with van der Waals surface area (Å²) in [5.41, 5.74) is 1.46. The van der Waals surface area contributed by atoms with E-state index in [-0.39, 0.29) is 28.5 Å². The molecule has 0 saturated carbocycles. The molecule has 4 aromatic rings. The van der Waals surface area contributed by atoms with Crippen LogP contribution in [0.4, 0.5) is 5.13 Å². The zero-order valence-corrected chi connectivity index (χ0v) is 22.3. The number of thiazole rings is 1. The number of benzene rings is 2.